The zero-order chi connectivity index (χ0) is 21.4. The minimum Gasteiger partial charge on any atom is -0.487 e. The Morgan fingerprint density at radius 3 is 2.73 bits per heavy atom. The van der Waals surface area contributed by atoms with Crippen LogP contribution in [0.5, 0.6) is 5.75 Å². The number of halogens is 3. The normalized spacial score (nSPS) is 20.4. The van der Waals surface area contributed by atoms with Crippen LogP contribution in [-0.2, 0) is 10.9 Å². The van der Waals surface area contributed by atoms with Gasteiger partial charge in [0.15, 0.2) is 0 Å². The summed E-state index contributed by atoms with van der Waals surface area (Å²) in [6, 6.07) is 7.18. The molecule has 162 valence electrons. The first-order chi connectivity index (χ1) is 14.3. The van der Waals surface area contributed by atoms with E-state index in [1.165, 1.54) is 0 Å². The second kappa shape index (κ2) is 7.93. The minimum absolute atomic E-state index is 0.114. The first-order valence-corrected chi connectivity index (χ1v) is 10.5. The fourth-order valence-corrected chi connectivity index (χ4v) is 4.57. The Labute approximate surface area is 175 Å². The number of para-hydroxylation sites is 1. The number of ether oxygens (including phenoxy) is 2. The van der Waals surface area contributed by atoms with Gasteiger partial charge in [0.2, 0.25) is 10.1 Å². The molecule has 30 heavy (non-hydrogen) atoms. The predicted molar refractivity (Wildman–Crippen MR) is 104 cm³/mol. The van der Waals surface area contributed by atoms with Gasteiger partial charge in [0.25, 0.3) is 0 Å². The van der Waals surface area contributed by atoms with E-state index in [4.69, 9.17) is 9.47 Å². The Balaban J connectivity index is 1.53. The van der Waals surface area contributed by atoms with E-state index >= 15 is 0 Å². The van der Waals surface area contributed by atoms with Gasteiger partial charge in [0.05, 0.1) is 12.6 Å². The lowest BCUT2D eigenvalue weighted by Gasteiger charge is -2.46. The highest BCUT2D eigenvalue weighted by Crippen LogP contribution is 2.46. The summed E-state index contributed by atoms with van der Waals surface area (Å²) in [5.74, 6) is 0.686. The summed E-state index contributed by atoms with van der Waals surface area (Å²) in [5, 5.41) is 9.16. The van der Waals surface area contributed by atoms with Gasteiger partial charge in [0.1, 0.15) is 11.4 Å². The van der Waals surface area contributed by atoms with Crippen molar-refractivity contribution in [2.24, 2.45) is 0 Å². The zero-order valence-corrected chi connectivity index (χ0v) is 17.1. The van der Waals surface area contributed by atoms with Crippen molar-refractivity contribution in [3.63, 3.8) is 0 Å². The highest BCUT2D eigenvalue weighted by Gasteiger charge is 2.44. The van der Waals surface area contributed by atoms with Gasteiger partial charge in [-0.15, -0.1) is 10.2 Å². The van der Waals surface area contributed by atoms with Crippen LogP contribution in [-0.4, -0.2) is 46.5 Å². The lowest BCUT2D eigenvalue weighted by Crippen LogP contribution is -2.52. The Bertz CT molecular complexity index is 912. The quantitative estimate of drug-likeness (QED) is 0.755. The van der Waals surface area contributed by atoms with Gasteiger partial charge >= 0.3 is 12.3 Å². The fourth-order valence-electron chi connectivity index (χ4n) is 3.91. The monoisotopic (exact) mass is 442 g/mol. The third-order valence-electron chi connectivity index (χ3n) is 5.36. The minimum atomic E-state index is -4.52. The SMILES string of the molecule is CCOC(=O)N1CCC2(CC1)CC(Nc1nnc(C(F)(F)F)s1)c1ccccc1O2. The number of carbonyl (C=O) groups excluding carboxylic acids is 1. The number of alkyl halides is 3. The van der Waals surface area contributed by atoms with E-state index in [9.17, 15) is 18.0 Å². The van der Waals surface area contributed by atoms with Crippen LogP contribution in [0.15, 0.2) is 24.3 Å². The predicted octanol–water partition coefficient (Wildman–Crippen LogP) is 4.48. The number of piperidine rings is 1. The van der Waals surface area contributed by atoms with Crippen LogP contribution < -0.4 is 10.1 Å². The van der Waals surface area contributed by atoms with Gasteiger partial charge in [-0.3, -0.25) is 0 Å². The number of fused-ring (bicyclic) bond motifs is 1. The second-order valence-electron chi connectivity index (χ2n) is 7.32. The lowest BCUT2D eigenvalue weighted by atomic mass is 9.80. The van der Waals surface area contributed by atoms with Crippen LogP contribution >= 0.6 is 11.3 Å². The molecule has 1 saturated heterocycles. The molecule has 0 bridgehead atoms. The van der Waals surface area contributed by atoms with E-state index in [1.807, 2.05) is 24.3 Å². The molecule has 2 aliphatic heterocycles. The van der Waals surface area contributed by atoms with Crippen molar-refractivity contribution in [1.29, 1.82) is 0 Å². The maximum Gasteiger partial charge on any atom is 0.445 e. The number of rotatable bonds is 3. The smallest absolute Gasteiger partial charge is 0.445 e. The lowest BCUT2D eigenvalue weighted by molar-refractivity contribution is -0.138. The summed E-state index contributed by atoms with van der Waals surface area (Å²) in [6.07, 6.45) is -3.12. The van der Waals surface area contributed by atoms with Gasteiger partial charge in [-0.2, -0.15) is 13.2 Å². The molecular weight excluding hydrogens is 421 g/mol. The molecule has 4 rings (SSSR count). The van der Waals surface area contributed by atoms with Crippen LogP contribution in [0.4, 0.5) is 23.1 Å². The summed E-state index contributed by atoms with van der Waals surface area (Å²) in [7, 11) is 0. The number of carbonyl (C=O) groups is 1. The molecule has 1 atom stereocenters. The van der Waals surface area contributed by atoms with Crippen molar-refractivity contribution < 1.29 is 27.4 Å². The van der Waals surface area contributed by atoms with Crippen LogP contribution in [0.3, 0.4) is 0 Å². The van der Waals surface area contributed by atoms with Crippen LogP contribution in [0, 0.1) is 0 Å². The molecule has 2 aromatic rings. The van der Waals surface area contributed by atoms with Gasteiger partial charge in [0, 0.05) is 37.9 Å². The number of nitrogens with zero attached hydrogens (tertiary/aromatic N) is 3. The Morgan fingerprint density at radius 1 is 1.33 bits per heavy atom. The molecule has 1 spiro atoms. The molecule has 1 amide bonds. The van der Waals surface area contributed by atoms with E-state index in [1.54, 1.807) is 11.8 Å². The van der Waals surface area contributed by atoms with E-state index in [0.717, 1.165) is 5.56 Å². The zero-order valence-electron chi connectivity index (χ0n) is 16.2. The Hall–Kier alpha value is -2.56. The molecule has 1 aromatic carbocycles. The van der Waals surface area contributed by atoms with Crippen LogP contribution in [0.25, 0.3) is 0 Å². The van der Waals surface area contributed by atoms with Gasteiger partial charge in [-0.25, -0.2) is 4.79 Å². The second-order valence-corrected chi connectivity index (χ2v) is 8.30. The number of anilines is 1. The Kier molecular flexibility index (Phi) is 5.48. The molecule has 0 saturated carbocycles. The average Bonchev–Trinajstić information content (AvgIpc) is 3.18. The number of likely N-dealkylation sites (tertiary alicyclic amines) is 1. The molecular formula is C19H21F3N4O3S. The summed E-state index contributed by atoms with van der Waals surface area (Å²) >= 11 is 0.484. The third-order valence-corrected chi connectivity index (χ3v) is 6.26. The molecule has 2 aliphatic rings. The van der Waals surface area contributed by atoms with E-state index < -0.39 is 16.8 Å². The molecule has 3 heterocycles. The van der Waals surface area contributed by atoms with Crippen molar-refractivity contribution in [3.05, 3.63) is 34.8 Å². The standard InChI is InChI=1S/C19H21F3N4O3S/c1-2-28-17(27)26-9-7-18(8-10-26)11-13(12-5-3-4-6-14(12)29-18)23-16-25-24-15(30-16)19(20,21)22/h3-6,13H,2,7-11H2,1H3,(H,23,25). The molecule has 1 fully saturated rings. The first-order valence-electron chi connectivity index (χ1n) is 9.66. The largest absolute Gasteiger partial charge is 0.487 e. The van der Waals surface area contributed by atoms with E-state index in [2.05, 4.69) is 15.5 Å². The molecule has 1 N–H and O–H groups in total. The molecule has 0 aliphatic carbocycles. The average molecular weight is 442 g/mol. The number of hydrogen-bond acceptors (Lipinski definition) is 7. The third kappa shape index (κ3) is 4.16. The molecule has 7 nitrogen and oxygen atoms in total. The summed E-state index contributed by atoms with van der Waals surface area (Å²) < 4.78 is 50.1. The van der Waals surface area contributed by atoms with Crippen molar-refractivity contribution in [1.82, 2.24) is 15.1 Å². The van der Waals surface area contributed by atoms with Crippen molar-refractivity contribution in [3.8, 4) is 5.75 Å². The summed E-state index contributed by atoms with van der Waals surface area (Å²) in [4.78, 5) is 13.7. The number of aromatic nitrogens is 2. The van der Waals surface area contributed by atoms with Crippen molar-refractivity contribution in [2.75, 3.05) is 25.0 Å². The molecule has 1 unspecified atom stereocenters. The maximum absolute atomic E-state index is 12.9. The fraction of sp³-hybridized carbons (Fsp3) is 0.526. The van der Waals surface area contributed by atoms with E-state index in [-0.39, 0.29) is 17.3 Å². The maximum atomic E-state index is 12.9. The number of hydrogen-bond donors (Lipinski definition) is 1. The van der Waals surface area contributed by atoms with Gasteiger partial charge in [-0.1, -0.05) is 29.5 Å². The van der Waals surface area contributed by atoms with Crippen molar-refractivity contribution >= 4 is 22.6 Å². The highest BCUT2D eigenvalue weighted by molar-refractivity contribution is 7.15. The number of nitrogens with one attached hydrogen (secondary N) is 1. The molecule has 11 heteroatoms. The van der Waals surface area contributed by atoms with E-state index in [0.29, 0.717) is 56.0 Å². The summed E-state index contributed by atoms with van der Waals surface area (Å²) in [5.41, 5.74) is 0.340. The van der Waals surface area contributed by atoms with Crippen LogP contribution in [0.2, 0.25) is 0 Å². The number of amides is 1. The summed E-state index contributed by atoms with van der Waals surface area (Å²) in [6.45, 7) is 3.06. The van der Waals surface area contributed by atoms with Crippen molar-refractivity contribution in [2.45, 2.75) is 44.0 Å². The number of benzene rings is 1. The Morgan fingerprint density at radius 2 is 2.07 bits per heavy atom. The topological polar surface area (TPSA) is 76.6 Å². The molecule has 0 radical (unpaired) electrons. The first kappa shape index (κ1) is 20.7. The molecule has 1 aromatic heterocycles. The highest BCUT2D eigenvalue weighted by atomic mass is 32.1. The van der Waals surface area contributed by atoms with Crippen LogP contribution in [0.1, 0.15) is 42.8 Å². The van der Waals surface area contributed by atoms with Gasteiger partial charge in [-0.05, 0) is 13.0 Å². The van der Waals surface area contributed by atoms with Gasteiger partial charge < -0.3 is 19.7 Å².